The van der Waals surface area contributed by atoms with Gasteiger partial charge in [0.05, 0.1) is 6.61 Å². The Hall–Kier alpha value is -1.77. The van der Waals surface area contributed by atoms with Crippen LogP contribution in [0.15, 0.2) is 30.3 Å². The van der Waals surface area contributed by atoms with Gasteiger partial charge in [0.25, 0.3) is 0 Å². The van der Waals surface area contributed by atoms with Crippen molar-refractivity contribution in [2.24, 2.45) is 0 Å². The summed E-state index contributed by atoms with van der Waals surface area (Å²) in [6.45, 7) is -0.514. The maximum Gasteiger partial charge on any atom is 0.229 e. The number of aliphatic hydroxyl groups excluding tert-OH is 4. The fourth-order valence-corrected chi connectivity index (χ4v) is 2.11. The summed E-state index contributed by atoms with van der Waals surface area (Å²) in [6, 6.07) is 6.59. The summed E-state index contributed by atoms with van der Waals surface area (Å²) in [5.41, 5.74) is 0.785. The van der Waals surface area contributed by atoms with Gasteiger partial charge in [-0.05, 0) is 23.8 Å². The van der Waals surface area contributed by atoms with Crippen molar-refractivity contribution in [3.05, 3.63) is 35.9 Å². The third-order valence-electron chi connectivity index (χ3n) is 3.35. The molecule has 4 N–H and O–H groups in total. The molecule has 0 saturated carbocycles. The highest BCUT2D eigenvalue weighted by molar-refractivity contribution is 5.73. The molecule has 0 spiro atoms. The van der Waals surface area contributed by atoms with E-state index in [1.165, 1.54) is 6.08 Å². The lowest BCUT2D eigenvalue weighted by Crippen LogP contribution is -2.60. The highest BCUT2D eigenvalue weighted by atomic mass is 16.7. The summed E-state index contributed by atoms with van der Waals surface area (Å²) in [5.74, 6) is 0.368. The van der Waals surface area contributed by atoms with Crippen LogP contribution < -0.4 is 4.74 Å². The number of rotatable bonds is 5. The molecule has 0 aromatic heterocycles. The Bertz CT molecular complexity index is 511. The lowest BCUT2D eigenvalue weighted by Gasteiger charge is -2.39. The molecule has 1 aliphatic heterocycles. The van der Waals surface area contributed by atoms with E-state index in [0.29, 0.717) is 12.0 Å². The summed E-state index contributed by atoms with van der Waals surface area (Å²) in [6.07, 6.45) is -2.95. The monoisotopic (exact) mass is 310 g/mol. The molecule has 1 aliphatic rings. The average molecular weight is 310 g/mol. The third kappa shape index (κ3) is 3.70. The van der Waals surface area contributed by atoms with Crippen molar-refractivity contribution in [3.63, 3.8) is 0 Å². The van der Waals surface area contributed by atoms with Crippen LogP contribution in [-0.4, -0.2) is 64.0 Å². The Balaban J connectivity index is 2.05. The highest BCUT2D eigenvalue weighted by Gasteiger charge is 2.44. The summed E-state index contributed by atoms with van der Waals surface area (Å²) >= 11 is 0. The maximum absolute atomic E-state index is 10.2. The van der Waals surface area contributed by atoms with Gasteiger partial charge in [-0.1, -0.05) is 18.2 Å². The van der Waals surface area contributed by atoms with Crippen molar-refractivity contribution in [2.75, 3.05) is 6.61 Å². The van der Waals surface area contributed by atoms with E-state index >= 15 is 0 Å². The van der Waals surface area contributed by atoms with Gasteiger partial charge >= 0.3 is 0 Å². The van der Waals surface area contributed by atoms with Crippen LogP contribution in [-0.2, 0) is 9.53 Å². The molecule has 0 amide bonds. The Morgan fingerprint density at radius 1 is 1.09 bits per heavy atom. The van der Waals surface area contributed by atoms with E-state index < -0.39 is 37.3 Å². The molecule has 0 aliphatic carbocycles. The quantitative estimate of drug-likeness (QED) is 0.410. The van der Waals surface area contributed by atoms with Crippen LogP contribution in [0.3, 0.4) is 0 Å². The maximum atomic E-state index is 10.2. The van der Waals surface area contributed by atoms with Crippen LogP contribution in [0.2, 0.25) is 0 Å². The molecule has 1 fully saturated rings. The largest absolute Gasteiger partial charge is 0.462 e. The number of allylic oxidation sites excluding steroid dienone is 1. The van der Waals surface area contributed by atoms with Crippen LogP contribution in [0.25, 0.3) is 6.08 Å². The predicted molar refractivity (Wildman–Crippen MR) is 75.9 cm³/mol. The topological polar surface area (TPSA) is 116 Å². The fourth-order valence-electron chi connectivity index (χ4n) is 2.11. The van der Waals surface area contributed by atoms with E-state index in [2.05, 4.69) is 0 Å². The first kappa shape index (κ1) is 16.6. The van der Waals surface area contributed by atoms with E-state index in [1.54, 1.807) is 30.3 Å². The average Bonchev–Trinajstić information content (AvgIpc) is 2.54. The van der Waals surface area contributed by atoms with Crippen molar-refractivity contribution >= 4 is 12.4 Å². The van der Waals surface area contributed by atoms with Crippen LogP contribution in [0.1, 0.15) is 5.56 Å². The molecule has 1 heterocycles. The number of carbonyl (C=O) groups excluding carboxylic acids is 1. The zero-order chi connectivity index (χ0) is 16.1. The van der Waals surface area contributed by atoms with Gasteiger partial charge < -0.3 is 29.9 Å². The van der Waals surface area contributed by atoms with Gasteiger partial charge in [0.1, 0.15) is 36.5 Å². The van der Waals surface area contributed by atoms with Crippen LogP contribution in [0.4, 0.5) is 0 Å². The zero-order valence-corrected chi connectivity index (χ0v) is 11.6. The first-order valence-corrected chi connectivity index (χ1v) is 6.76. The van der Waals surface area contributed by atoms with E-state index in [-0.39, 0.29) is 0 Å². The Morgan fingerprint density at radius 3 is 2.36 bits per heavy atom. The molecule has 120 valence electrons. The molecule has 0 bridgehead atoms. The Kier molecular flexibility index (Phi) is 5.64. The van der Waals surface area contributed by atoms with Crippen LogP contribution in [0.5, 0.6) is 5.75 Å². The first-order chi connectivity index (χ1) is 10.6. The zero-order valence-electron chi connectivity index (χ0n) is 11.6. The number of aldehydes is 1. The van der Waals surface area contributed by atoms with E-state index in [4.69, 9.17) is 14.6 Å². The van der Waals surface area contributed by atoms with Gasteiger partial charge in [-0.2, -0.15) is 0 Å². The number of hydrogen-bond acceptors (Lipinski definition) is 7. The second kappa shape index (κ2) is 7.48. The second-order valence-electron chi connectivity index (χ2n) is 4.88. The third-order valence-corrected chi connectivity index (χ3v) is 3.35. The van der Waals surface area contributed by atoms with Gasteiger partial charge in [0.15, 0.2) is 0 Å². The first-order valence-electron chi connectivity index (χ1n) is 6.76. The van der Waals surface area contributed by atoms with Crippen molar-refractivity contribution in [2.45, 2.75) is 30.7 Å². The highest BCUT2D eigenvalue weighted by Crippen LogP contribution is 2.24. The minimum Gasteiger partial charge on any atom is -0.462 e. The Labute approximate surface area is 127 Å². The van der Waals surface area contributed by atoms with Crippen molar-refractivity contribution < 1.29 is 34.7 Å². The van der Waals surface area contributed by atoms with E-state index in [1.807, 2.05) is 0 Å². The molecular weight excluding hydrogens is 292 g/mol. The number of aliphatic hydroxyl groups is 4. The summed E-state index contributed by atoms with van der Waals surface area (Å²) in [4.78, 5) is 10.2. The number of benzene rings is 1. The molecule has 5 atom stereocenters. The van der Waals surface area contributed by atoms with E-state index in [9.17, 15) is 20.1 Å². The van der Waals surface area contributed by atoms with Gasteiger partial charge in [-0.3, -0.25) is 4.79 Å². The Morgan fingerprint density at radius 2 is 1.77 bits per heavy atom. The lowest BCUT2D eigenvalue weighted by atomic mass is 9.99. The minimum absolute atomic E-state index is 0.368. The van der Waals surface area contributed by atoms with Crippen molar-refractivity contribution in [1.29, 1.82) is 0 Å². The summed E-state index contributed by atoms with van der Waals surface area (Å²) in [7, 11) is 0. The van der Waals surface area contributed by atoms with Gasteiger partial charge in [-0.25, -0.2) is 0 Å². The number of carbonyl (C=O) groups is 1. The van der Waals surface area contributed by atoms with Crippen molar-refractivity contribution in [1.82, 2.24) is 0 Å². The molecule has 7 heteroatoms. The van der Waals surface area contributed by atoms with E-state index in [0.717, 1.165) is 5.56 Å². The smallest absolute Gasteiger partial charge is 0.229 e. The van der Waals surface area contributed by atoms with Crippen molar-refractivity contribution in [3.8, 4) is 5.75 Å². The van der Waals surface area contributed by atoms with Gasteiger partial charge in [0, 0.05) is 0 Å². The van der Waals surface area contributed by atoms with Crippen LogP contribution >= 0.6 is 0 Å². The molecule has 2 rings (SSSR count). The lowest BCUT2D eigenvalue weighted by molar-refractivity contribution is -0.277. The predicted octanol–water partition coefficient (Wildman–Crippen LogP) is -0.923. The standard InChI is InChI=1S/C15H18O7/c16-7-1-2-9-3-5-10(6-4-9)21-15-14(20)13(19)12(18)11(8-17)22-15/h1-7,11-15,17-20H,8H2/t11?,12-,13-,14?,15+/m0/s1. The van der Waals surface area contributed by atoms with Gasteiger partial charge in [-0.15, -0.1) is 0 Å². The molecule has 2 unspecified atom stereocenters. The summed E-state index contributed by atoms with van der Waals surface area (Å²) < 4.78 is 10.7. The van der Waals surface area contributed by atoms with Crippen LogP contribution in [0, 0.1) is 0 Å². The van der Waals surface area contributed by atoms with Gasteiger partial charge in [0.2, 0.25) is 6.29 Å². The SMILES string of the molecule is O=CC=Cc1ccc(O[C@@H]2OC(CO)[C@H](O)[C@H](O)C2O)cc1. The molecule has 1 saturated heterocycles. The molecule has 1 aromatic carbocycles. The minimum atomic E-state index is -1.48. The molecular formula is C15H18O7. The second-order valence-corrected chi connectivity index (χ2v) is 4.88. The number of ether oxygens (including phenoxy) is 2. The molecule has 1 aromatic rings. The molecule has 22 heavy (non-hydrogen) atoms. The normalized spacial score (nSPS) is 32.1. The molecule has 7 nitrogen and oxygen atoms in total. The number of hydrogen-bond donors (Lipinski definition) is 4. The molecule has 0 radical (unpaired) electrons. The summed E-state index contributed by atoms with van der Waals surface area (Å²) in [5, 5.41) is 38.3. The fraction of sp³-hybridized carbons (Fsp3) is 0.400.